The van der Waals surface area contributed by atoms with Crippen LogP contribution in [0, 0.1) is 17.8 Å². The fourth-order valence-corrected chi connectivity index (χ4v) is 5.63. The number of hydrogen-bond donors (Lipinski definition) is 2. The van der Waals surface area contributed by atoms with Gasteiger partial charge in [0.05, 0.1) is 5.52 Å². The highest BCUT2D eigenvalue weighted by Crippen LogP contribution is 2.43. The minimum absolute atomic E-state index is 0.0271. The van der Waals surface area contributed by atoms with Crippen molar-refractivity contribution < 1.29 is 18.0 Å². The van der Waals surface area contributed by atoms with E-state index < -0.39 is 11.9 Å². The molecule has 2 N–H and O–H groups in total. The van der Waals surface area contributed by atoms with Crippen molar-refractivity contribution in [1.29, 1.82) is 0 Å². The standard InChI is InChI=1S/C24H25ClF3N3O/c25-15-3-8-20-19(11-15)21(12-22(31-20)24(26,27)28)29-16-4-6-17(7-5-16)30-23(32)18-10-13-1-2-14(18)9-13/h1-3,8,11-14,16-18H,4-7,9-10H2,(H,29,31)(H,30,32). The van der Waals surface area contributed by atoms with Gasteiger partial charge in [0.25, 0.3) is 0 Å². The highest BCUT2D eigenvalue weighted by atomic mass is 35.5. The number of aromatic nitrogens is 1. The van der Waals surface area contributed by atoms with Gasteiger partial charge >= 0.3 is 6.18 Å². The van der Waals surface area contributed by atoms with Crippen molar-refractivity contribution in [1.82, 2.24) is 10.3 Å². The van der Waals surface area contributed by atoms with Gasteiger partial charge in [0.15, 0.2) is 0 Å². The molecule has 2 fully saturated rings. The van der Waals surface area contributed by atoms with E-state index in [-0.39, 0.29) is 29.4 Å². The van der Waals surface area contributed by atoms with Crippen LogP contribution >= 0.6 is 11.6 Å². The number of anilines is 1. The molecule has 1 heterocycles. The molecule has 0 aliphatic heterocycles. The maximum Gasteiger partial charge on any atom is 0.433 e. The molecule has 3 atom stereocenters. The van der Waals surface area contributed by atoms with E-state index in [4.69, 9.17) is 11.6 Å². The van der Waals surface area contributed by atoms with Crippen molar-refractivity contribution >= 4 is 34.1 Å². The molecule has 1 aromatic heterocycles. The first kappa shape index (κ1) is 21.6. The second-order valence-electron chi connectivity index (χ2n) is 9.30. The van der Waals surface area contributed by atoms with Gasteiger partial charge < -0.3 is 10.6 Å². The lowest BCUT2D eigenvalue weighted by Gasteiger charge is -2.32. The van der Waals surface area contributed by atoms with Crippen LogP contribution in [-0.4, -0.2) is 23.0 Å². The molecular formula is C24H25ClF3N3O. The molecule has 3 aliphatic carbocycles. The van der Waals surface area contributed by atoms with Crippen molar-refractivity contribution in [3.63, 3.8) is 0 Å². The molecule has 1 aromatic carbocycles. The van der Waals surface area contributed by atoms with Crippen LogP contribution in [0.2, 0.25) is 5.02 Å². The van der Waals surface area contributed by atoms with Gasteiger partial charge in [0, 0.05) is 34.1 Å². The van der Waals surface area contributed by atoms with Crippen LogP contribution < -0.4 is 10.6 Å². The summed E-state index contributed by atoms with van der Waals surface area (Å²) in [6, 6.07) is 5.91. The Labute approximate surface area is 189 Å². The quantitative estimate of drug-likeness (QED) is 0.550. The van der Waals surface area contributed by atoms with Crippen molar-refractivity contribution in [2.75, 3.05) is 5.32 Å². The first-order valence-corrected chi connectivity index (χ1v) is 11.6. The second-order valence-corrected chi connectivity index (χ2v) is 9.74. The molecule has 4 nitrogen and oxygen atoms in total. The number of carbonyl (C=O) groups is 1. The number of halogens is 4. The third kappa shape index (κ3) is 4.32. The van der Waals surface area contributed by atoms with E-state index in [9.17, 15) is 18.0 Å². The minimum atomic E-state index is -4.53. The zero-order valence-electron chi connectivity index (χ0n) is 17.5. The van der Waals surface area contributed by atoms with Crippen LogP contribution in [0.3, 0.4) is 0 Å². The lowest BCUT2D eigenvalue weighted by atomic mass is 9.88. The summed E-state index contributed by atoms with van der Waals surface area (Å²) in [5.74, 6) is 1.19. The van der Waals surface area contributed by atoms with E-state index in [0.29, 0.717) is 27.9 Å². The number of alkyl halides is 3. The third-order valence-corrected chi connectivity index (χ3v) is 7.35. The molecule has 8 heteroatoms. The number of carbonyl (C=O) groups excluding carboxylic acids is 1. The van der Waals surface area contributed by atoms with Gasteiger partial charge in [-0.25, -0.2) is 4.98 Å². The summed E-state index contributed by atoms with van der Waals surface area (Å²) in [5, 5.41) is 7.54. The highest BCUT2D eigenvalue weighted by Gasteiger charge is 2.40. The lowest BCUT2D eigenvalue weighted by molar-refractivity contribution is -0.140. The predicted octanol–water partition coefficient (Wildman–Crippen LogP) is 5.96. The highest BCUT2D eigenvalue weighted by molar-refractivity contribution is 6.31. The minimum Gasteiger partial charge on any atom is -0.382 e. The van der Waals surface area contributed by atoms with Crippen molar-refractivity contribution in [3.05, 3.63) is 47.1 Å². The largest absolute Gasteiger partial charge is 0.433 e. The van der Waals surface area contributed by atoms with Crippen molar-refractivity contribution in [3.8, 4) is 0 Å². The summed E-state index contributed by atoms with van der Waals surface area (Å²) in [5.41, 5.74) is -0.269. The van der Waals surface area contributed by atoms with Gasteiger partial charge in [0.1, 0.15) is 5.69 Å². The second kappa shape index (κ2) is 8.25. The van der Waals surface area contributed by atoms with E-state index in [1.807, 2.05) is 0 Å². The van der Waals surface area contributed by atoms with E-state index in [1.165, 1.54) is 6.07 Å². The molecule has 5 rings (SSSR count). The molecule has 0 saturated heterocycles. The Morgan fingerprint density at radius 1 is 1.03 bits per heavy atom. The molecule has 1 amide bonds. The number of nitrogens with one attached hydrogen (secondary N) is 2. The van der Waals surface area contributed by atoms with Gasteiger partial charge in [-0.1, -0.05) is 23.8 Å². The first-order chi connectivity index (χ1) is 15.3. The molecule has 32 heavy (non-hydrogen) atoms. The summed E-state index contributed by atoms with van der Waals surface area (Å²) in [6.07, 6.45) is 5.07. The smallest absolute Gasteiger partial charge is 0.382 e. The van der Waals surface area contributed by atoms with Crippen molar-refractivity contribution in [2.45, 2.75) is 56.8 Å². The van der Waals surface area contributed by atoms with Gasteiger partial charge in [-0.15, -0.1) is 0 Å². The SMILES string of the molecule is O=C(NC1CCC(Nc2cc(C(F)(F)F)nc3ccc(Cl)cc23)CC1)C1CC2C=CC1C2. The Hall–Kier alpha value is -2.28. The molecule has 2 saturated carbocycles. The molecule has 3 aliphatic rings. The lowest BCUT2D eigenvalue weighted by Crippen LogP contribution is -2.43. The molecule has 0 spiro atoms. The maximum atomic E-state index is 13.3. The van der Waals surface area contributed by atoms with Gasteiger partial charge in [-0.2, -0.15) is 13.2 Å². The summed E-state index contributed by atoms with van der Waals surface area (Å²) in [4.78, 5) is 16.5. The molecule has 2 aromatic rings. The van der Waals surface area contributed by atoms with E-state index in [2.05, 4.69) is 27.8 Å². The average Bonchev–Trinajstić information content (AvgIpc) is 3.38. The van der Waals surface area contributed by atoms with E-state index in [1.54, 1.807) is 12.1 Å². The number of allylic oxidation sites excluding steroid dienone is 2. The summed E-state index contributed by atoms with van der Waals surface area (Å²) in [6.45, 7) is 0. The Bertz CT molecular complexity index is 1060. The number of fused-ring (bicyclic) bond motifs is 3. The van der Waals surface area contributed by atoms with Crippen LogP contribution in [0.25, 0.3) is 10.9 Å². The zero-order chi connectivity index (χ0) is 22.5. The summed E-state index contributed by atoms with van der Waals surface area (Å²) in [7, 11) is 0. The van der Waals surface area contributed by atoms with Crippen molar-refractivity contribution in [2.24, 2.45) is 17.8 Å². The van der Waals surface area contributed by atoms with Crippen LogP contribution in [0.4, 0.5) is 18.9 Å². The van der Waals surface area contributed by atoms with Gasteiger partial charge in [0.2, 0.25) is 5.91 Å². The average molecular weight is 464 g/mol. The molecule has 2 bridgehead atoms. The van der Waals surface area contributed by atoms with Crippen LogP contribution in [0.5, 0.6) is 0 Å². The Kier molecular flexibility index (Phi) is 5.56. The molecular weight excluding hydrogens is 439 g/mol. The third-order valence-electron chi connectivity index (χ3n) is 7.11. The van der Waals surface area contributed by atoms with Crippen LogP contribution in [0.15, 0.2) is 36.4 Å². The number of benzene rings is 1. The van der Waals surface area contributed by atoms with Gasteiger partial charge in [-0.3, -0.25) is 4.79 Å². The first-order valence-electron chi connectivity index (χ1n) is 11.2. The molecule has 170 valence electrons. The summed E-state index contributed by atoms with van der Waals surface area (Å²) >= 11 is 6.09. The number of pyridine rings is 1. The zero-order valence-corrected chi connectivity index (χ0v) is 18.2. The Morgan fingerprint density at radius 2 is 1.78 bits per heavy atom. The number of hydrogen-bond acceptors (Lipinski definition) is 3. The topological polar surface area (TPSA) is 54.0 Å². The Morgan fingerprint density at radius 3 is 2.44 bits per heavy atom. The number of rotatable bonds is 4. The fourth-order valence-electron chi connectivity index (χ4n) is 5.46. The van der Waals surface area contributed by atoms with Crippen LogP contribution in [-0.2, 0) is 11.0 Å². The molecule has 3 unspecified atom stereocenters. The summed E-state index contributed by atoms with van der Waals surface area (Å²) < 4.78 is 40.0. The normalized spacial score (nSPS) is 29.4. The monoisotopic (exact) mass is 463 g/mol. The van der Waals surface area contributed by atoms with E-state index in [0.717, 1.165) is 44.6 Å². The van der Waals surface area contributed by atoms with Crippen LogP contribution in [0.1, 0.15) is 44.2 Å². The fraction of sp³-hybridized carbons (Fsp3) is 0.500. The predicted molar refractivity (Wildman–Crippen MR) is 118 cm³/mol. The maximum absolute atomic E-state index is 13.3. The Balaban J connectivity index is 1.24. The number of amides is 1. The number of nitrogens with zero attached hydrogens (tertiary/aromatic N) is 1. The van der Waals surface area contributed by atoms with Gasteiger partial charge in [-0.05, 0) is 74.6 Å². The van der Waals surface area contributed by atoms with E-state index >= 15 is 0 Å². The molecule has 0 radical (unpaired) electrons.